The van der Waals surface area contributed by atoms with Gasteiger partial charge >= 0.3 is 0 Å². The summed E-state index contributed by atoms with van der Waals surface area (Å²) >= 11 is 3.63. The summed E-state index contributed by atoms with van der Waals surface area (Å²) in [5.74, 6) is 0.986. The molecule has 144 valence electrons. The maximum Gasteiger partial charge on any atom is 0.253 e. The molecule has 0 saturated heterocycles. The molecule has 0 aliphatic carbocycles. The van der Waals surface area contributed by atoms with Crippen molar-refractivity contribution in [1.82, 2.24) is 10.6 Å². The third-order valence-corrected chi connectivity index (χ3v) is 6.68. The van der Waals surface area contributed by atoms with Crippen LogP contribution < -0.4 is 10.6 Å². The first-order valence-electron chi connectivity index (χ1n) is 9.12. The largest absolute Gasteiger partial charge is 0.308 e. The highest BCUT2D eigenvalue weighted by Crippen LogP contribution is 2.32. The minimum Gasteiger partial charge on any atom is -0.308 e. The van der Waals surface area contributed by atoms with E-state index in [2.05, 4.69) is 36.5 Å². The van der Waals surface area contributed by atoms with Crippen LogP contribution >= 0.6 is 15.9 Å². The summed E-state index contributed by atoms with van der Waals surface area (Å²) in [6.07, 6.45) is 0. The monoisotopic (exact) mass is 432 g/mol. The second kappa shape index (κ2) is 6.55. The smallest absolute Gasteiger partial charge is 0.253 e. The van der Waals surface area contributed by atoms with Crippen molar-refractivity contribution in [3.05, 3.63) is 33.8 Å². The Kier molecular flexibility index (Phi) is 4.78. The molecule has 6 nitrogen and oxygen atoms in total. The fraction of sp³-hybridized carbons (Fsp3) is 0.500. The number of carbonyl (C=O) groups excluding carboxylic acids is 2. The van der Waals surface area contributed by atoms with Gasteiger partial charge in [-0.15, -0.1) is 0 Å². The van der Waals surface area contributed by atoms with Crippen molar-refractivity contribution in [2.45, 2.75) is 52.6 Å². The number of nitrogens with zero attached hydrogens (tertiary/aromatic N) is 2. The first kappa shape index (κ1) is 19.7. The van der Waals surface area contributed by atoms with E-state index in [0.717, 1.165) is 15.6 Å². The molecule has 0 saturated carbocycles. The van der Waals surface area contributed by atoms with Crippen LogP contribution in [-0.2, 0) is 9.59 Å². The fourth-order valence-corrected chi connectivity index (χ4v) is 3.67. The van der Waals surface area contributed by atoms with E-state index in [4.69, 9.17) is 0 Å². The van der Waals surface area contributed by atoms with Crippen molar-refractivity contribution in [1.29, 1.82) is 0 Å². The molecule has 0 unspecified atom stereocenters. The van der Waals surface area contributed by atoms with E-state index in [0.29, 0.717) is 11.7 Å². The molecule has 2 aliphatic rings. The lowest BCUT2D eigenvalue weighted by atomic mass is 9.89. The number of rotatable bonds is 4. The van der Waals surface area contributed by atoms with Crippen LogP contribution in [0.15, 0.2) is 32.7 Å². The van der Waals surface area contributed by atoms with Gasteiger partial charge < -0.3 is 10.6 Å². The van der Waals surface area contributed by atoms with E-state index in [9.17, 15) is 9.59 Å². The van der Waals surface area contributed by atoms with Crippen LogP contribution in [0.2, 0.25) is 0 Å². The van der Waals surface area contributed by atoms with E-state index in [-0.39, 0.29) is 23.7 Å². The third-order valence-electron chi connectivity index (χ3n) is 5.83. The Morgan fingerprint density at radius 2 is 1.22 bits per heavy atom. The molecule has 2 aliphatic heterocycles. The Hall–Kier alpha value is -2.02. The molecule has 27 heavy (non-hydrogen) atoms. The number of hydrogen-bond acceptors (Lipinski definition) is 4. The van der Waals surface area contributed by atoms with Gasteiger partial charge in [0.05, 0.1) is 0 Å². The number of halogens is 1. The highest BCUT2D eigenvalue weighted by molar-refractivity contribution is 9.10. The molecule has 7 heteroatoms. The second-order valence-corrected chi connectivity index (χ2v) is 8.89. The van der Waals surface area contributed by atoms with Crippen LogP contribution in [0.1, 0.15) is 52.7 Å². The number of amides is 2. The Morgan fingerprint density at radius 1 is 0.852 bits per heavy atom. The van der Waals surface area contributed by atoms with E-state index in [1.165, 1.54) is 0 Å². The van der Waals surface area contributed by atoms with E-state index < -0.39 is 11.1 Å². The molecule has 0 radical (unpaired) electrons. The molecule has 2 heterocycles. The topological polar surface area (TPSA) is 82.9 Å². The zero-order chi connectivity index (χ0) is 20.1. The third kappa shape index (κ3) is 3.02. The van der Waals surface area contributed by atoms with Gasteiger partial charge in [0, 0.05) is 15.6 Å². The Labute approximate surface area is 168 Å². The van der Waals surface area contributed by atoms with Gasteiger partial charge in [-0.2, -0.15) is 0 Å². The van der Waals surface area contributed by atoms with E-state index in [1.807, 2.05) is 59.7 Å². The second-order valence-electron chi connectivity index (χ2n) is 8.10. The quantitative estimate of drug-likeness (QED) is 0.765. The van der Waals surface area contributed by atoms with Gasteiger partial charge in [-0.1, -0.05) is 45.9 Å². The summed E-state index contributed by atoms with van der Waals surface area (Å²) in [5.41, 5.74) is -0.0548. The van der Waals surface area contributed by atoms with Gasteiger partial charge in [0.1, 0.15) is 22.7 Å². The van der Waals surface area contributed by atoms with Gasteiger partial charge in [-0.3, -0.25) is 19.6 Å². The van der Waals surface area contributed by atoms with Gasteiger partial charge in [0.15, 0.2) is 0 Å². The SMILES string of the molecule is CC(C)[C@]1(C)N=C(c2cccc(C3=N[C@@](C)(C(C)C)C(=O)N3)c2Br)NC1=O. The lowest BCUT2D eigenvalue weighted by Crippen LogP contribution is -2.41. The number of amidine groups is 2. The van der Waals surface area contributed by atoms with Gasteiger partial charge in [0.2, 0.25) is 0 Å². The number of nitrogens with one attached hydrogen (secondary N) is 2. The highest BCUT2D eigenvalue weighted by Gasteiger charge is 2.44. The van der Waals surface area contributed by atoms with Gasteiger partial charge in [0.25, 0.3) is 11.8 Å². The summed E-state index contributed by atoms with van der Waals surface area (Å²) in [7, 11) is 0. The van der Waals surface area contributed by atoms with Crippen molar-refractivity contribution < 1.29 is 9.59 Å². The number of aliphatic imine (C=N–C) groups is 2. The Bertz CT molecular complexity index is 822. The lowest BCUT2D eigenvalue weighted by Gasteiger charge is -2.21. The predicted octanol–water partition coefficient (Wildman–Crippen LogP) is 3.03. The molecular weight excluding hydrogens is 408 g/mol. The van der Waals surface area contributed by atoms with Crippen molar-refractivity contribution >= 4 is 39.4 Å². The molecule has 0 aromatic heterocycles. The highest BCUT2D eigenvalue weighted by atomic mass is 79.9. The maximum atomic E-state index is 12.5. The number of carbonyl (C=O) groups is 2. The van der Waals surface area contributed by atoms with Crippen molar-refractivity contribution in [3.63, 3.8) is 0 Å². The molecule has 1 aromatic carbocycles. The summed E-state index contributed by atoms with van der Waals surface area (Å²) in [4.78, 5) is 34.2. The molecule has 0 bridgehead atoms. The van der Waals surface area contributed by atoms with Crippen LogP contribution in [0, 0.1) is 11.8 Å². The first-order valence-corrected chi connectivity index (χ1v) is 9.92. The zero-order valence-corrected chi connectivity index (χ0v) is 18.1. The normalized spacial score (nSPS) is 27.7. The van der Waals surface area contributed by atoms with Crippen molar-refractivity contribution in [3.8, 4) is 0 Å². The molecule has 0 fully saturated rings. The summed E-state index contributed by atoms with van der Waals surface area (Å²) in [6, 6.07) is 5.64. The van der Waals surface area contributed by atoms with Gasteiger partial charge in [-0.25, -0.2) is 0 Å². The predicted molar refractivity (Wildman–Crippen MR) is 110 cm³/mol. The van der Waals surface area contributed by atoms with Crippen molar-refractivity contribution in [2.75, 3.05) is 0 Å². The molecular formula is C20H25BrN4O2. The van der Waals surface area contributed by atoms with Crippen molar-refractivity contribution in [2.24, 2.45) is 21.8 Å². The van der Waals surface area contributed by atoms with Crippen LogP contribution in [0.25, 0.3) is 0 Å². The molecule has 0 spiro atoms. The van der Waals surface area contributed by atoms with Crippen LogP contribution in [0.5, 0.6) is 0 Å². The molecule has 3 rings (SSSR count). The summed E-state index contributed by atoms with van der Waals surface area (Å²) in [6.45, 7) is 11.6. The van der Waals surface area contributed by atoms with Crippen LogP contribution in [0.3, 0.4) is 0 Å². The number of benzene rings is 1. The number of hydrogen-bond donors (Lipinski definition) is 2. The average Bonchev–Trinajstić information content (AvgIpc) is 3.06. The minimum absolute atomic E-state index is 0.0715. The zero-order valence-electron chi connectivity index (χ0n) is 16.5. The first-order chi connectivity index (χ1) is 12.5. The summed E-state index contributed by atoms with van der Waals surface area (Å²) < 4.78 is 0.740. The minimum atomic E-state index is -0.792. The summed E-state index contributed by atoms with van der Waals surface area (Å²) in [5, 5.41) is 5.80. The molecule has 1 aromatic rings. The Morgan fingerprint density at radius 3 is 1.52 bits per heavy atom. The van der Waals surface area contributed by atoms with Crippen LogP contribution in [0.4, 0.5) is 0 Å². The molecule has 2 atom stereocenters. The lowest BCUT2D eigenvalue weighted by molar-refractivity contribution is -0.125. The molecule has 2 N–H and O–H groups in total. The van der Waals surface area contributed by atoms with E-state index in [1.54, 1.807) is 0 Å². The molecule has 2 amide bonds. The standard InChI is InChI=1S/C20H25BrN4O2/c1-10(2)19(5)17(26)22-15(24-19)12-8-7-9-13(14(12)21)16-23-18(27)20(6,25-16)11(3)4/h7-11H,1-6H3,(H,22,24,26)(H,23,25,27)/t19-,20-/m0/s1. The average molecular weight is 433 g/mol. The maximum absolute atomic E-state index is 12.5. The Balaban J connectivity index is 2.05. The van der Waals surface area contributed by atoms with Crippen LogP contribution in [-0.4, -0.2) is 34.6 Å². The van der Waals surface area contributed by atoms with E-state index >= 15 is 0 Å². The van der Waals surface area contributed by atoms with Gasteiger partial charge in [-0.05, 0) is 41.6 Å². The fourth-order valence-electron chi connectivity index (χ4n) is 3.03.